The Morgan fingerprint density at radius 2 is 1.62 bits per heavy atom. The number of ether oxygens (including phenoxy) is 2. The van der Waals surface area contributed by atoms with Crippen molar-refractivity contribution in [2.24, 2.45) is 0 Å². The standard InChI is InChI=1S/C20H15F5N2O5/c21-15-10(16(22)18(24)19(25)17(15)23)2-4-14(29)27-11(7-28)20(30)26-6-9-1-3-12-13(5-9)32-8-31-12/h1-5,11,28H,6-8H2,(H,26,30)(H,27,29)/t11-/m0/s1. The number of carbonyl (C=O) groups is 2. The minimum atomic E-state index is -2.33. The number of halogens is 5. The Morgan fingerprint density at radius 3 is 2.28 bits per heavy atom. The second kappa shape index (κ2) is 9.64. The van der Waals surface area contributed by atoms with Crippen LogP contribution in [0.2, 0.25) is 0 Å². The maximum absolute atomic E-state index is 13.6. The van der Waals surface area contributed by atoms with Gasteiger partial charge in [-0.25, -0.2) is 22.0 Å². The number of aliphatic hydroxyl groups is 1. The number of fused-ring (bicyclic) bond motifs is 1. The first-order valence-electron chi connectivity index (χ1n) is 9.00. The Labute approximate surface area is 177 Å². The number of amides is 2. The summed E-state index contributed by atoms with van der Waals surface area (Å²) < 4.78 is 77.1. The highest BCUT2D eigenvalue weighted by Crippen LogP contribution is 2.32. The number of nitrogens with one attached hydrogen (secondary N) is 2. The third-order valence-corrected chi connectivity index (χ3v) is 4.36. The van der Waals surface area contributed by atoms with E-state index in [2.05, 4.69) is 10.6 Å². The van der Waals surface area contributed by atoms with Gasteiger partial charge in [-0.05, 0) is 23.8 Å². The molecule has 1 heterocycles. The highest BCUT2D eigenvalue weighted by molar-refractivity contribution is 5.95. The van der Waals surface area contributed by atoms with Gasteiger partial charge in [-0.3, -0.25) is 9.59 Å². The summed E-state index contributed by atoms with van der Waals surface area (Å²) in [4.78, 5) is 24.1. The van der Waals surface area contributed by atoms with E-state index in [9.17, 15) is 36.6 Å². The highest BCUT2D eigenvalue weighted by atomic mass is 19.2. The summed E-state index contributed by atoms with van der Waals surface area (Å²) in [6, 6.07) is 3.48. The van der Waals surface area contributed by atoms with Crippen molar-refractivity contribution in [2.45, 2.75) is 12.6 Å². The van der Waals surface area contributed by atoms with Gasteiger partial charge in [0.15, 0.2) is 34.8 Å². The molecule has 32 heavy (non-hydrogen) atoms. The van der Waals surface area contributed by atoms with Gasteiger partial charge in [-0.15, -0.1) is 0 Å². The molecule has 12 heteroatoms. The number of hydrogen-bond acceptors (Lipinski definition) is 5. The zero-order valence-electron chi connectivity index (χ0n) is 16.1. The lowest BCUT2D eigenvalue weighted by Crippen LogP contribution is -2.48. The zero-order valence-corrected chi connectivity index (χ0v) is 16.1. The summed E-state index contributed by atoms with van der Waals surface area (Å²) in [5.41, 5.74) is -0.693. The van der Waals surface area contributed by atoms with Crippen LogP contribution in [0.4, 0.5) is 22.0 Å². The summed E-state index contributed by atoms with van der Waals surface area (Å²) in [6.07, 6.45) is 0.830. The molecule has 0 spiro atoms. The molecular weight excluding hydrogens is 443 g/mol. The fraction of sp³-hybridized carbons (Fsp3) is 0.200. The molecule has 0 saturated carbocycles. The summed E-state index contributed by atoms with van der Waals surface area (Å²) in [6.45, 7) is -0.737. The summed E-state index contributed by atoms with van der Waals surface area (Å²) >= 11 is 0. The molecule has 0 saturated heterocycles. The lowest BCUT2D eigenvalue weighted by molar-refractivity contribution is -0.128. The van der Waals surface area contributed by atoms with Crippen LogP contribution in [0.15, 0.2) is 24.3 Å². The Kier molecular flexibility index (Phi) is 6.93. The zero-order chi connectivity index (χ0) is 23.4. The van der Waals surface area contributed by atoms with Crippen molar-refractivity contribution in [1.29, 1.82) is 0 Å². The van der Waals surface area contributed by atoms with Crippen LogP contribution in [-0.4, -0.2) is 36.4 Å². The molecule has 2 aromatic rings. The van der Waals surface area contributed by atoms with Crippen LogP contribution in [0, 0.1) is 29.1 Å². The molecule has 0 radical (unpaired) electrons. The van der Waals surface area contributed by atoms with Crippen molar-refractivity contribution in [1.82, 2.24) is 10.6 Å². The molecule has 0 unspecified atom stereocenters. The van der Waals surface area contributed by atoms with E-state index in [4.69, 9.17) is 9.47 Å². The molecule has 1 aliphatic rings. The van der Waals surface area contributed by atoms with Gasteiger partial charge in [0.25, 0.3) is 0 Å². The topological polar surface area (TPSA) is 96.9 Å². The van der Waals surface area contributed by atoms with Crippen LogP contribution < -0.4 is 20.1 Å². The molecule has 170 valence electrons. The molecule has 0 aromatic heterocycles. The molecule has 1 atom stereocenters. The summed E-state index contributed by atoms with van der Waals surface area (Å²) in [5.74, 6) is -11.8. The maximum atomic E-state index is 13.6. The van der Waals surface area contributed by atoms with E-state index in [1.807, 2.05) is 0 Å². The Morgan fingerprint density at radius 1 is 1.00 bits per heavy atom. The van der Waals surface area contributed by atoms with Gasteiger partial charge in [0.2, 0.25) is 24.4 Å². The fourth-order valence-corrected chi connectivity index (χ4v) is 2.70. The van der Waals surface area contributed by atoms with Gasteiger partial charge >= 0.3 is 0 Å². The van der Waals surface area contributed by atoms with Crippen molar-refractivity contribution in [3.8, 4) is 11.5 Å². The van der Waals surface area contributed by atoms with E-state index in [-0.39, 0.29) is 13.3 Å². The van der Waals surface area contributed by atoms with Gasteiger partial charge < -0.3 is 25.2 Å². The Bertz CT molecular complexity index is 1060. The average molecular weight is 458 g/mol. The molecule has 0 aliphatic carbocycles. The fourth-order valence-electron chi connectivity index (χ4n) is 2.70. The van der Waals surface area contributed by atoms with Crippen molar-refractivity contribution in [2.75, 3.05) is 13.4 Å². The van der Waals surface area contributed by atoms with E-state index >= 15 is 0 Å². The van der Waals surface area contributed by atoms with Crippen molar-refractivity contribution in [3.63, 3.8) is 0 Å². The maximum Gasteiger partial charge on any atom is 0.245 e. The molecule has 7 nitrogen and oxygen atoms in total. The van der Waals surface area contributed by atoms with Crippen LogP contribution in [0.3, 0.4) is 0 Å². The second-order valence-corrected chi connectivity index (χ2v) is 6.47. The highest BCUT2D eigenvalue weighted by Gasteiger charge is 2.25. The molecule has 2 aromatic carbocycles. The minimum Gasteiger partial charge on any atom is -0.454 e. The number of benzene rings is 2. The van der Waals surface area contributed by atoms with Crippen molar-refractivity contribution >= 4 is 17.9 Å². The second-order valence-electron chi connectivity index (χ2n) is 6.47. The molecule has 0 fully saturated rings. The van der Waals surface area contributed by atoms with Crippen molar-refractivity contribution in [3.05, 3.63) is 64.5 Å². The van der Waals surface area contributed by atoms with E-state index in [0.29, 0.717) is 29.2 Å². The first-order chi connectivity index (χ1) is 15.2. The number of rotatable bonds is 7. The molecule has 2 amide bonds. The normalized spacial score (nSPS) is 13.3. The van der Waals surface area contributed by atoms with Crippen LogP contribution in [0.25, 0.3) is 6.08 Å². The van der Waals surface area contributed by atoms with Gasteiger partial charge in [0, 0.05) is 12.6 Å². The predicted octanol–water partition coefficient (Wildman–Crippen LogP) is 1.92. The lowest BCUT2D eigenvalue weighted by Gasteiger charge is -2.15. The summed E-state index contributed by atoms with van der Waals surface area (Å²) in [5, 5.41) is 13.9. The van der Waals surface area contributed by atoms with Gasteiger partial charge in [0.1, 0.15) is 6.04 Å². The van der Waals surface area contributed by atoms with E-state index < -0.39 is 59.1 Å². The molecule has 0 bridgehead atoms. The largest absolute Gasteiger partial charge is 0.454 e. The first-order valence-corrected chi connectivity index (χ1v) is 9.00. The molecule has 1 aliphatic heterocycles. The van der Waals surface area contributed by atoms with Crippen LogP contribution >= 0.6 is 0 Å². The van der Waals surface area contributed by atoms with Crippen LogP contribution in [-0.2, 0) is 16.1 Å². The molecule has 3 N–H and O–H groups in total. The number of carbonyl (C=O) groups excluding carboxylic acids is 2. The average Bonchev–Trinajstić information content (AvgIpc) is 3.26. The van der Waals surface area contributed by atoms with Gasteiger partial charge in [-0.2, -0.15) is 0 Å². The van der Waals surface area contributed by atoms with Gasteiger partial charge in [0.05, 0.1) is 12.2 Å². The minimum absolute atomic E-state index is 0.0161. The van der Waals surface area contributed by atoms with E-state index in [1.165, 1.54) is 0 Å². The summed E-state index contributed by atoms with van der Waals surface area (Å²) in [7, 11) is 0. The number of hydrogen-bond donors (Lipinski definition) is 3. The Hall–Kier alpha value is -3.67. The monoisotopic (exact) mass is 458 g/mol. The van der Waals surface area contributed by atoms with Gasteiger partial charge in [-0.1, -0.05) is 6.07 Å². The SMILES string of the molecule is O=C(C=Cc1c(F)c(F)c(F)c(F)c1F)N[C@@H](CO)C(=O)NCc1ccc2c(c1)OCO2. The number of aliphatic hydroxyl groups excluding tert-OH is 1. The predicted molar refractivity (Wildman–Crippen MR) is 98.7 cm³/mol. The third kappa shape index (κ3) is 4.80. The smallest absolute Gasteiger partial charge is 0.245 e. The van der Waals surface area contributed by atoms with E-state index in [1.54, 1.807) is 18.2 Å². The lowest BCUT2D eigenvalue weighted by atomic mass is 10.1. The van der Waals surface area contributed by atoms with Crippen LogP contribution in [0.5, 0.6) is 11.5 Å². The molecule has 3 rings (SSSR count). The third-order valence-electron chi connectivity index (χ3n) is 4.36. The van der Waals surface area contributed by atoms with Crippen LogP contribution in [0.1, 0.15) is 11.1 Å². The quantitative estimate of drug-likeness (QED) is 0.255. The van der Waals surface area contributed by atoms with Crippen molar-refractivity contribution < 1.29 is 46.1 Å². The van der Waals surface area contributed by atoms with E-state index in [0.717, 1.165) is 0 Å². The Balaban J connectivity index is 1.61. The first kappa shape index (κ1) is 23.0. The molecular formula is C20H15F5N2O5.